The molecule has 2 aromatic heterocycles. The van der Waals surface area contributed by atoms with E-state index in [9.17, 15) is 14.5 Å². The summed E-state index contributed by atoms with van der Waals surface area (Å²) in [4.78, 5) is 25.4. The number of carbonyl (C=O) groups is 1. The summed E-state index contributed by atoms with van der Waals surface area (Å²) < 4.78 is 65.4. The highest BCUT2D eigenvalue weighted by molar-refractivity contribution is 7.52. The second kappa shape index (κ2) is 13.3. The van der Waals surface area contributed by atoms with Crippen LogP contribution in [0.5, 0.6) is 11.6 Å². The van der Waals surface area contributed by atoms with Gasteiger partial charge in [0.2, 0.25) is 11.8 Å². The first-order valence-electron chi connectivity index (χ1n) is 15.0. The first-order valence-corrected chi connectivity index (χ1v) is 16.6. The lowest BCUT2D eigenvalue weighted by Crippen LogP contribution is -2.42. The van der Waals surface area contributed by atoms with Crippen LogP contribution in [-0.4, -0.2) is 87.5 Å². The number of carbonyl (C=O) groups excluding carboxylic acids is 1. The largest absolute Gasteiger partial charge is 0.479 e. The van der Waals surface area contributed by atoms with Crippen LogP contribution in [0.1, 0.15) is 32.9 Å². The molecule has 0 radical (unpaired) electrons. The van der Waals surface area contributed by atoms with Crippen LogP contribution < -0.4 is 20.1 Å². The summed E-state index contributed by atoms with van der Waals surface area (Å²) in [6.45, 7) is 2.99. The van der Waals surface area contributed by atoms with Gasteiger partial charge in [-0.3, -0.25) is 13.9 Å². The molecule has 4 heterocycles. The van der Waals surface area contributed by atoms with Crippen molar-refractivity contribution in [2.24, 2.45) is 0 Å². The molecule has 6 rings (SSSR count). The molecule has 2 aromatic carbocycles. The standard InChI is InChI=1S/C30H36FN6O9P/c1-17(27(38)44-19-11-13-42-14-12-19)36-47(40,46-21-10-6-8-18-7-4-5-9-20(18)21)43-15-22-24(31)30(2,39)28(45-22)37-16-33-23-25(37)34-29(32)35-26(23)41-3/h4-10,16-17,19,22,24,28,39H,11-15H2,1-3H3,(H,36,40)(H2,32,34,35)/t17?,22-,24-,28-,30-,47?/m1/s1. The molecule has 17 heteroatoms. The first kappa shape index (κ1) is 33.0. The smallest absolute Gasteiger partial charge is 0.459 e. The Morgan fingerprint density at radius 2 is 1.98 bits per heavy atom. The third-order valence-corrected chi connectivity index (χ3v) is 9.70. The molecule has 0 spiro atoms. The number of hydrogen-bond acceptors (Lipinski definition) is 13. The number of aromatic nitrogens is 4. The number of aliphatic hydroxyl groups is 1. The lowest BCUT2D eigenvalue weighted by Gasteiger charge is -2.27. The van der Waals surface area contributed by atoms with Crippen LogP contribution >= 0.6 is 7.75 Å². The highest BCUT2D eigenvalue weighted by Crippen LogP contribution is 2.49. The summed E-state index contributed by atoms with van der Waals surface area (Å²) in [5, 5.41) is 15.4. The Labute approximate surface area is 269 Å². The fraction of sp³-hybridized carbons (Fsp3) is 0.467. The summed E-state index contributed by atoms with van der Waals surface area (Å²) in [5.74, 6) is -0.515. The van der Waals surface area contributed by atoms with Crippen LogP contribution in [0.15, 0.2) is 48.8 Å². The van der Waals surface area contributed by atoms with Crippen molar-refractivity contribution in [3.63, 3.8) is 0 Å². The van der Waals surface area contributed by atoms with Gasteiger partial charge in [0, 0.05) is 18.2 Å². The third-order valence-electron chi connectivity index (χ3n) is 8.07. The van der Waals surface area contributed by atoms with E-state index >= 15 is 4.39 Å². The highest BCUT2D eigenvalue weighted by Gasteiger charge is 2.55. The molecule has 0 saturated carbocycles. The molecule has 2 aliphatic rings. The Morgan fingerprint density at radius 1 is 1.23 bits per heavy atom. The van der Waals surface area contributed by atoms with Crippen molar-refractivity contribution in [3.8, 4) is 11.6 Å². The summed E-state index contributed by atoms with van der Waals surface area (Å²) in [7, 11) is -3.06. The molecule has 2 fully saturated rings. The Hall–Kier alpha value is -3.92. The van der Waals surface area contributed by atoms with Gasteiger partial charge in [0.25, 0.3) is 0 Å². The second-order valence-corrected chi connectivity index (χ2v) is 13.2. The van der Waals surface area contributed by atoms with Gasteiger partial charge in [-0.15, -0.1) is 0 Å². The number of fused-ring (bicyclic) bond motifs is 2. The minimum absolute atomic E-state index is 0.0858. The minimum atomic E-state index is -4.44. The summed E-state index contributed by atoms with van der Waals surface area (Å²) >= 11 is 0. The number of rotatable bonds is 11. The quantitative estimate of drug-likeness (QED) is 0.155. The number of ether oxygens (including phenoxy) is 4. The van der Waals surface area contributed by atoms with Crippen molar-refractivity contribution in [1.82, 2.24) is 24.6 Å². The van der Waals surface area contributed by atoms with E-state index < -0.39 is 50.5 Å². The molecule has 15 nitrogen and oxygen atoms in total. The van der Waals surface area contributed by atoms with Gasteiger partial charge >= 0.3 is 13.7 Å². The van der Waals surface area contributed by atoms with E-state index in [1.807, 2.05) is 18.2 Å². The molecule has 2 saturated heterocycles. The summed E-state index contributed by atoms with van der Waals surface area (Å²) in [6, 6.07) is 11.3. The van der Waals surface area contributed by atoms with Crippen LogP contribution in [0.2, 0.25) is 0 Å². The molecule has 47 heavy (non-hydrogen) atoms. The maximum atomic E-state index is 15.9. The lowest BCUT2D eigenvalue weighted by atomic mass is 9.98. The number of anilines is 1. The average Bonchev–Trinajstić information content (AvgIpc) is 3.57. The summed E-state index contributed by atoms with van der Waals surface area (Å²) in [5.41, 5.74) is 4.06. The van der Waals surface area contributed by atoms with E-state index in [4.69, 9.17) is 33.7 Å². The van der Waals surface area contributed by atoms with E-state index in [0.29, 0.717) is 31.4 Å². The van der Waals surface area contributed by atoms with Gasteiger partial charge in [0.05, 0.1) is 33.3 Å². The number of benzene rings is 2. The zero-order chi connectivity index (χ0) is 33.3. The third kappa shape index (κ3) is 6.75. The number of nitrogens with two attached hydrogens (primary N) is 1. The molecular weight excluding hydrogens is 638 g/mol. The molecule has 4 N–H and O–H groups in total. The van der Waals surface area contributed by atoms with Gasteiger partial charge in [-0.25, -0.2) is 13.9 Å². The van der Waals surface area contributed by atoms with E-state index in [2.05, 4.69) is 20.0 Å². The number of alkyl halides is 1. The Kier molecular flexibility index (Phi) is 9.34. The number of nitrogens with zero attached hydrogens (tertiary/aromatic N) is 4. The van der Waals surface area contributed by atoms with E-state index in [-0.39, 0.29) is 34.8 Å². The number of imidazole rings is 1. The van der Waals surface area contributed by atoms with Crippen LogP contribution in [-0.2, 0) is 28.1 Å². The molecule has 2 unspecified atom stereocenters. The Morgan fingerprint density at radius 3 is 2.74 bits per heavy atom. The van der Waals surface area contributed by atoms with Gasteiger partial charge in [0.15, 0.2) is 23.6 Å². The van der Waals surface area contributed by atoms with Crippen LogP contribution in [0.4, 0.5) is 10.3 Å². The van der Waals surface area contributed by atoms with Crippen LogP contribution in [0.3, 0.4) is 0 Å². The van der Waals surface area contributed by atoms with Gasteiger partial charge in [-0.1, -0.05) is 36.4 Å². The fourth-order valence-electron chi connectivity index (χ4n) is 5.59. The molecule has 2 aliphatic heterocycles. The van der Waals surface area contributed by atoms with Gasteiger partial charge in [0.1, 0.15) is 29.6 Å². The molecule has 6 atom stereocenters. The van der Waals surface area contributed by atoms with Crippen molar-refractivity contribution in [2.75, 3.05) is 32.7 Å². The van der Waals surface area contributed by atoms with Crippen LogP contribution in [0.25, 0.3) is 21.9 Å². The van der Waals surface area contributed by atoms with Crippen molar-refractivity contribution >= 4 is 41.6 Å². The normalized spacial score (nSPS) is 25.4. The van der Waals surface area contributed by atoms with Gasteiger partial charge in [-0.05, 0) is 25.3 Å². The highest BCUT2D eigenvalue weighted by atomic mass is 31.2. The minimum Gasteiger partial charge on any atom is -0.479 e. The maximum absolute atomic E-state index is 15.9. The first-order chi connectivity index (χ1) is 22.5. The van der Waals surface area contributed by atoms with Crippen molar-refractivity contribution in [1.29, 1.82) is 0 Å². The van der Waals surface area contributed by atoms with E-state index in [1.54, 1.807) is 24.3 Å². The average molecular weight is 675 g/mol. The summed E-state index contributed by atoms with van der Waals surface area (Å²) in [6.07, 6.45) is -2.81. The molecule has 0 amide bonds. The molecule has 0 bridgehead atoms. The predicted molar refractivity (Wildman–Crippen MR) is 166 cm³/mol. The second-order valence-electron chi connectivity index (χ2n) is 11.5. The van der Waals surface area contributed by atoms with Crippen molar-refractivity contribution in [3.05, 3.63) is 48.8 Å². The molecule has 0 aliphatic carbocycles. The molecule has 252 valence electrons. The van der Waals surface area contributed by atoms with Crippen molar-refractivity contribution < 1.29 is 46.9 Å². The van der Waals surface area contributed by atoms with Crippen molar-refractivity contribution in [2.45, 2.75) is 62.9 Å². The maximum Gasteiger partial charge on any atom is 0.459 e. The van der Waals surface area contributed by atoms with Gasteiger partial charge in [-0.2, -0.15) is 15.1 Å². The number of esters is 1. The number of methoxy groups -OCH3 is 1. The number of nitrogens with one attached hydrogen (secondary N) is 1. The Bertz CT molecular complexity index is 1800. The number of halogens is 1. The number of nitrogen functional groups attached to an aromatic ring is 1. The van der Waals surface area contributed by atoms with E-state index in [0.717, 1.165) is 5.39 Å². The van der Waals surface area contributed by atoms with Crippen LogP contribution in [0, 0.1) is 0 Å². The van der Waals surface area contributed by atoms with Gasteiger partial charge < -0.3 is 34.3 Å². The topological polar surface area (TPSA) is 191 Å². The Balaban J connectivity index is 1.24. The zero-order valence-corrected chi connectivity index (χ0v) is 26.8. The monoisotopic (exact) mass is 674 g/mol. The van der Waals surface area contributed by atoms with E-state index in [1.165, 1.54) is 31.9 Å². The SMILES string of the molecule is COc1nc(N)nc2c1ncn2[C@@H]1O[C@H](COP(=O)(NC(C)C(=O)OC2CCOCC2)Oc2cccc3ccccc23)[C@@H](F)[C@@]1(C)O. The fourth-order valence-corrected chi connectivity index (χ4v) is 7.11. The number of hydrogen-bond donors (Lipinski definition) is 3. The predicted octanol–water partition coefficient (Wildman–Crippen LogP) is 3.46. The lowest BCUT2D eigenvalue weighted by molar-refractivity contribution is -0.154. The molecule has 4 aromatic rings. The zero-order valence-electron chi connectivity index (χ0n) is 25.9. The molecular formula is C30H36FN6O9P.